The number of rotatable bonds is 5. The van der Waals surface area contributed by atoms with Crippen LogP contribution in [0.3, 0.4) is 0 Å². The van der Waals surface area contributed by atoms with Crippen LogP contribution < -0.4 is 4.74 Å². The van der Waals surface area contributed by atoms with Crippen molar-refractivity contribution in [3.05, 3.63) is 58.4 Å². The van der Waals surface area contributed by atoms with Gasteiger partial charge in [0.15, 0.2) is 0 Å². The molecule has 27 heavy (non-hydrogen) atoms. The molecule has 1 aromatic heterocycles. The van der Waals surface area contributed by atoms with Crippen molar-refractivity contribution < 1.29 is 4.74 Å². The largest absolute Gasteiger partial charge is 0.487 e. The highest BCUT2D eigenvalue weighted by Gasteiger charge is 2.16. The van der Waals surface area contributed by atoms with Crippen LogP contribution in [-0.4, -0.2) is 33.5 Å². The van der Waals surface area contributed by atoms with Crippen molar-refractivity contribution in [3.8, 4) is 5.75 Å². The van der Waals surface area contributed by atoms with Crippen molar-refractivity contribution in [3.63, 3.8) is 0 Å². The lowest BCUT2D eigenvalue weighted by atomic mass is 10.0. The molecular formula is C22H27N3OS. The molecule has 0 saturated carbocycles. The number of ether oxygens (including phenoxy) is 1. The first-order chi connectivity index (χ1) is 12.8. The summed E-state index contributed by atoms with van der Waals surface area (Å²) in [4.78, 5) is 7.44. The van der Waals surface area contributed by atoms with Crippen LogP contribution in [0.1, 0.15) is 35.0 Å². The Kier molecular flexibility index (Phi) is 5.51. The van der Waals surface area contributed by atoms with Crippen LogP contribution >= 0.6 is 12.2 Å². The fourth-order valence-corrected chi connectivity index (χ4v) is 3.43. The lowest BCUT2D eigenvalue weighted by Gasteiger charge is -2.17. The van der Waals surface area contributed by atoms with Crippen molar-refractivity contribution in [2.45, 2.75) is 33.8 Å². The molecule has 1 heterocycles. The van der Waals surface area contributed by atoms with Crippen molar-refractivity contribution >= 4 is 28.2 Å². The SMILES string of the molecule is CCc1cccc(C)c1COc1cc(C(=S)N(C)C)cc2c1nc(C)n2C. The number of nitrogens with zero attached hydrogens (tertiary/aromatic N) is 3. The van der Waals surface area contributed by atoms with Crippen molar-refractivity contribution in [1.29, 1.82) is 0 Å². The van der Waals surface area contributed by atoms with Crippen LogP contribution in [0.15, 0.2) is 30.3 Å². The first-order valence-corrected chi connectivity index (χ1v) is 9.63. The molecule has 0 amide bonds. The van der Waals surface area contributed by atoms with E-state index in [0.29, 0.717) is 6.61 Å². The van der Waals surface area contributed by atoms with E-state index in [1.807, 2.05) is 39.0 Å². The number of aromatic nitrogens is 2. The molecule has 0 saturated heterocycles. The van der Waals surface area contributed by atoms with Crippen LogP contribution in [-0.2, 0) is 20.1 Å². The van der Waals surface area contributed by atoms with Crippen molar-refractivity contribution in [1.82, 2.24) is 14.5 Å². The summed E-state index contributed by atoms with van der Waals surface area (Å²) >= 11 is 5.60. The first-order valence-electron chi connectivity index (χ1n) is 9.22. The van der Waals surface area contributed by atoms with Crippen LogP contribution in [0, 0.1) is 13.8 Å². The van der Waals surface area contributed by atoms with E-state index < -0.39 is 0 Å². The van der Waals surface area contributed by atoms with Gasteiger partial charge in [0.05, 0.1) is 5.52 Å². The summed E-state index contributed by atoms with van der Waals surface area (Å²) in [6, 6.07) is 10.5. The summed E-state index contributed by atoms with van der Waals surface area (Å²) in [6.45, 7) is 6.84. The van der Waals surface area contributed by atoms with E-state index in [4.69, 9.17) is 21.9 Å². The summed E-state index contributed by atoms with van der Waals surface area (Å²) in [6.07, 6.45) is 0.989. The molecule has 0 radical (unpaired) electrons. The lowest BCUT2D eigenvalue weighted by molar-refractivity contribution is 0.307. The Hall–Kier alpha value is -2.40. The molecule has 0 atom stereocenters. The lowest BCUT2D eigenvalue weighted by Crippen LogP contribution is -2.20. The molecule has 0 unspecified atom stereocenters. The third-order valence-corrected chi connectivity index (χ3v) is 5.69. The van der Waals surface area contributed by atoms with Gasteiger partial charge in [-0.3, -0.25) is 0 Å². The molecule has 3 rings (SSSR count). The van der Waals surface area contributed by atoms with Gasteiger partial charge in [0, 0.05) is 26.7 Å². The molecule has 5 heteroatoms. The topological polar surface area (TPSA) is 30.3 Å². The van der Waals surface area contributed by atoms with E-state index in [2.05, 4.69) is 42.7 Å². The second kappa shape index (κ2) is 7.69. The maximum Gasteiger partial charge on any atom is 0.148 e. The smallest absolute Gasteiger partial charge is 0.148 e. The van der Waals surface area contributed by atoms with E-state index in [-0.39, 0.29) is 0 Å². The average molecular weight is 382 g/mol. The Morgan fingerprint density at radius 1 is 1.22 bits per heavy atom. The molecule has 0 aliphatic heterocycles. The third-order valence-electron chi connectivity index (χ3n) is 5.09. The number of hydrogen-bond donors (Lipinski definition) is 0. The highest BCUT2D eigenvalue weighted by Crippen LogP contribution is 2.30. The first kappa shape index (κ1) is 19.4. The van der Waals surface area contributed by atoms with E-state index in [1.54, 1.807) is 0 Å². The Labute approximate surface area is 166 Å². The van der Waals surface area contributed by atoms with Crippen molar-refractivity contribution in [2.24, 2.45) is 7.05 Å². The summed E-state index contributed by atoms with van der Waals surface area (Å²) in [5.74, 6) is 1.73. The second-order valence-corrected chi connectivity index (χ2v) is 7.50. The van der Waals surface area contributed by atoms with Gasteiger partial charge >= 0.3 is 0 Å². The number of thiocarbonyl (C=S) groups is 1. The predicted molar refractivity (Wildman–Crippen MR) is 116 cm³/mol. The molecule has 4 nitrogen and oxygen atoms in total. The van der Waals surface area contributed by atoms with Crippen LogP contribution in [0.25, 0.3) is 11.0 Å². The maximum atomic E-state index is 6.31. The van der Waals surface area contributed by atoms with E-state index in [9.17, 15) is 0 Å². The normalized spacial score (nSPS) is 11.0. The number of benzene rings is 2. The van der Waals surface area contributed by atoms with Gasteiger partial charge in [-0.25, -0.2) is 4.98 Å². The third kappa shape index (κ3) is 3.69. The Bertz CT molecular complexity index is 1000. The highest BCUT2D eigenvalue weighted by atomic mass is 32.1. The minimum atomic E-state index is 0.527. The van der Waals surface area contributed by atoms with Gasteiger partial charge in [0.2, 0.25) is 0 Å². The van der Waals surface area contributed by atoms with Crippen molar-refractivity contribution in [2.75, 3.05) is 14.1 Å². The molecule has 0 bridgehead atoms. The van der Waals surface area contributed by atoms with Gasteiger partial charge in [-0.1, -0.05) is 37.3 Å². The Morgan fingerprint density at radius 3 is 2.63 bits per heavy atom. The van der Waals surface area contributed by atoms with E-state index in [1.165, 1.54) is 16.7 Å². The van der Waals surface area contributed by atoms with Gasteiger partial charge in [0.1, 0.15) is 28.7 Å². The van der Waals surface area contributed by atoms with Crippen LogP contribution in [0.4, 0.5) is 0 Å². The molecule has 0 aliphatic rings. The Morgan fingerprint density at radius 2 is 1.96 bits per heavy atom. The molecular weight excluding hydrogens is 354 g/mol. The van der Waals surface area contributed by atoms with Gasteiger partial charge < -0.3 is 14.2 Å². The standard InChI is InChI=1S/C22H27N3OS/c1-7-16-10-8-9-14(2)18(16)13-26-20-12-17(22(27)24(4)5)11-19-21(20)23-15(3)25(19)6/h8-12H,7,13H2,1-6H3. The number of aryl methyl sites for hydroxylation is 4. The van der Waals surface area contributed by atoms with Crippen LogP contribution in [0.5, 0.6) is 5.75 Å². The molecule has 142 valence electrons. The molecule has 0 aliphatic carbocycles. The summed E-state index contributed by atoms with van der Waals surface area (Å²) in [5, 5.41) is 0. The monoisotopic (exact) mass is 381 g/mol. The Balaban J connectivity index is 2.05. The maximum absolute atomic E-state index is 6.31. The molecule has 2 aromatic carbocycles. The number of hydrogen-bond acceptors (Lipinski definition) is 3. The zero-order chi connectivity index (χ0) is 19.7. The molecule has 0 fully saturated rings. The van der Waals surface area contributed by atoms with Gasteiger partial charge in [0.25, 0.3) is 0 Å². The fourth-order valence-electron chi connectivity index (χ4n) is 3.31. The van der Waals surface area contributed by atoms with Gasteiger partial charge in [-0.15, -0.1) is 0 Å². The fraction of sp³-hybridized carbons (Fsp3) is 0.364. The predicted octanol–water partition coefficient (Wildman–Crippen LogP) is 4.57. The van der Waals surface area contributed by atoms with Gasteiger partial charge in [-0.05, 0) is 49.1 Å². The van der Waals surface area contributed by atoms with Crippen LogP contribution in [0.2, 0.25) is 0 Å². The highest BCUT2D eigenvalue weighted by molar-refractivity contribution is 7.80. The zero-order valence-electron chi connectivity index (χ0n) is 17.0. The number of fused-ring (bicyclic) bond motifs is 1. The van der Waals surface area contributed by atoms with Gasteiger partial charge in [-0.2, -0.15) is 0 Å². The summed E-state index contributed by atoms with van der Waals surface area (Å²) < 4.78 is 8.39. The molecule has 0 spiro atoms. The summed E-state index contributed by atoms with van der Waals surface area (Å²) in [5.41, 5.74) is 6.71. The minimum absolute atomic E-state index is 0.527. The second-order valence-electron chi connectivity index (χ2n) is 7.11. The molecule has 3 aromatic rings. The molecule has 0 N–H and O–H groups in total. The summed E-state index contributed by atoms with van der Waals surface area (Å²) in [7, 11) is 5.94. The quantitative estimate of drug-likeness (QED) is 0.606. The zero-order valence-corrected chi connectivity index (χ0v) is 17.8. The minimum Gasteiger partial charge on any atom is -0.487 e. The van der Waals surface area contributed by atoms with E-state index in [0.717, 1.165) is 39.6 Å². The van der Waals surface area contributed by atoms with E-state index >= 15 is 0 Å². The number of imidazole rings is 1. The average Bonchev–Trinajstić information content (AvgIpc) is 2.94.